The van der Waals surface area contributed by atoms with Crippen molar-refractivity contribution in [2.75, 3.05) is 20.3 Å². The van der Waals surface area contributed by atoms with Crippen LogP contribution in [-0.4, -0.2) is 20.3 Å². The van der Waals surface area contributed by atoms with Crippen LogP contribution in [0.5, 0.6) is 5.75 Å². The van der Waals surface area contributed by atoms with Gasteiger partial charge >= 0.3 is 0 Å². The normalized spacial score (nSPS) is 13.1. The Morgan fingerprint density at radius 2 is 2.00 bits per heavy atom. The monoisotopic (exact) mass is 229 g/mol. The van der Waals surface area contributed by atoms with E-state index in [0.717, 1.165) is 18.8 Å². The minimum atomic E-state index is 0. The molecule has 2 rings (SSSR count). The second-order valence-electron chi connectivity index (χ2n) is 3.38. The van der Waals surface area contributed by atoms with Gasteiger partial charge in [-0.25, -0.2) is 0 Å². The predicted octanol–water partition coefficient (Wildman–Crippen LogP) is 1.74. The number of nitrogens with one attached hydrogen (secondary N) is 1. The Morgan fingerprint density at radius 1 is 1.20 bits per heavy atom. The summed E-state index contributed by atoms with van der Waals surface area (Å²) in [7, 11) is 1.68. The fourth-order valence-corrected chi connectivity index (χ4v) is 1.60. The first kappa shape index (κ1) is 12.3. The lowest BCUT2D eigenvalue weighted by Crippen LogP contribution is -2.04. The highest BCUT2D eigenvalue weighted by molar-refractivity contribution is 5.85. The maximum atomic E-state index is 5.52. The summed E-state index contributed by atoms with van der Waals surface area (Å²) in [6, 6.07) is 6.24. The highest BCUT2D eigenvalue weighted by Gasteiger charge is 2.09. The first-order valence-corrected chi connectivity index (χ1v) is 4.84. The van der Waals surface area contributed by atoms with E-state index in [4.69, 9.17) is 9.47 Å². The van der Waals surface area contributed by atoms with Gasteiger partial charge in [0.05, 0.1) is 6.61 Å². The first-order valence-electron chi connectivity index (χ1n) is 4.84. The SMILES string of the molecule is COCCOc1ccc2c(c1)CNC2.Cl. The Hall–Kier alpha value is -0.770. The van der Waals surface area contributed by atoms with Crippen molar-refractivity contribution in [2.45, 2.75) is 13.1 Å². The quantitative estimate of drug-likeness (QED) is 0.798. The van der Waals surface area contributed by atoms with Crippen LogP contribution in [0.4, 0.5) is 0 Å². The number of benzene rings is 1. The maximum absolute atomic E-state index is 5.52. The molecule has 3 nitrogen and oxygen atoms in total. The zero-order chi connectivity index (χ0) is 9.80. The minimum Gasteiger partial charge on any atom is -0.491 e. The van der Waals surface area contributed by atoms with Gasteiger partial charge in [0, 0.05) is 20.2 Å². The van der Waals surface area contributed by atoms with Gasteiger partial charge in [0.25, 0.3) is 0 Å². The number of halogens is 1. The number of methoxy groups -OCH3 is 1. The van der Waals surface area contributed by atoms with Gasteiger partial charge in [-0.1, -0.05) is 6.07 Å². The van der Waals surface area contributed by atoms with Crippen molar-refractivity contribution in [3.63, 3.8) is 0 Å². The van der Waals surface area contributed by atoms with Crippen molar-refractivity contribution in [1.29, 1.82) is 0 Å². The van der Waals surface area contributed by atoms with E-state index >= 15 is 0 Å². The van der Waals surface area contributed by atoms with E-state index in [0.29, 0.717) is 13.2 Å². The molecule has 0 aromatic heterocycles. The largest absolute Gasteiger partial charge is 0.491 e. The molecule has 0 saturated carbocycles. The molecule has 1 heterocycles. The molecule has 0 radical (unpaired) electrons. The molecule has 15 heavy (non-hydrogen) atoms. The Kier molecular flexibility index (Phi) is 4.88. The molecule has 4 heteroatoms. The summed E-state index contributed by atoms with van der Waals surface area (Å²) in [6.07, 6.45) is 0. The molecule has 1 aliphatic rings. The zero-order valence-corrected chi connectivity index (χ0v) is 9.60. The van der Waals surface area contributed by atoms with Crippen LogP contribution in [0.1, 0.15) is 11.1 Å². The second-order valence-corrected chi connectivity index (χ2v) is 3.38. The standard InChI is InChI=1S/C11H15NO2.ClH/c1-13-4-5-14-11-3-2-9-7-12-8-10(9)6-11;/h2-3,6,12H,4-5,7-8H2,1H3;1H. The molecule has 1 N–H and O–H groups in total. The topological polar surface area (TPSA) is 30.5 Å². The van der Waals surface area contributed by atoms with Gasteiger partial charge in [-0.05, 0) is 23.3 Å². The molecule has 0 fully saturated rings. The van der Waals surface area contributed by atoms with Crippen LogP contribution in [0.3, 0.4) is 0 Å². The predicted molar refractivity (Wildman–Crippen MR) is 61.6 cm³/mol. The van der Waals surface area contributed by atoms with Crippen molar-refractivity contribution in [3.05, 3.63) is 29.3 Å². The van der Waals surface area contributed by atoms with E-state index in [1.165, 1.54) is 11.1 Å². The zero-order valence-electron chi connectivity index (χ0n) is 8.79. The Bertz CT molecular complexity index is 317. The van der Waals surface area contributed by atoms with Gasteiger partial charge in [-0.3, -0.25) is 0 Å². The van der Waals surface area contributed by atoms with Crippen molar-refractivity contribution in [2.24, 2.45) is 0 Å². The number of rotatable bonds is 4. The number of hydrogen-bond acceptors (Lipinski definition) is 3. The molecule has 0 aliphatic carbocycles. The van der Waals surface area contributed by atoms with Crippen molar-refractivity contribution < 1.29 is 9.47 Å². The fourth-order valence-electron chi connectivity index (χ4n) is 1.60. The van der Waals surface area contributed by atoms with Crippen LogP contribution in [0.2, 0.25) is 0 Å². The lowest BCUT2D eigenvalue weighted by molar-refractivity contribution is 0.146. The molecule has 1 aromatic carbocycles. The van der Waals surface area contributed by atoms with Crippen LogP contribution in [0.15, 0.2) is 18.2 Å². The summed E-state index contributed by atoms with van der Waals surface area (Å²) < 4.78 is 10.4. The average Bonchev–Trinajstić information content (AvgIpc) is 2.65. The van der Waals surface area contributed by atoms with E-state index in [2.05, 4.69) is 17.4 Å². The molecular weight excluding hydrogens is 214 g/mol. The lowest BCUT2D eigenvalue weighted by Gasteiger charge is -2.06. The minimum absolute atomic E-state index is 0. The third kappa shape index (κ3) is 3.09. The summed E-state index contributed by atoms with van der Waals surface area (Å²) in [6.45, 7) is 3.18. The molecule has 0 unspecified atom stereocenters. The molecule has 1 aromatic rings. The molecule has 0 amide bonds. The van der Waals surface area contributed by atoms with Crippen LogP contribution >= 0.6 is 12.4 Å². The lowest BCUT2D eigenvalue weighted by atomic mass is 10.1. The molecule has 0 spiro atoms. The summed E-state index contributed by atoms with van der Waals surface area (Å²) in [5, 5.41) is 3.30. The van der Waals surface area contributed by atoms with Gasteiger partial charge in [-0.2, -0.15) is 0 Å². The van der Waals surface area contributed by atoms with E-state index in [9.17, 15) is 0 Å². The highest BCUT2D eigenvalue weighted by atomic mass is 35.5. The Morgan fingerprint density at radius 3 is 2.80 bits per heavy atom. The van der Waals surface area contributed by atoms with Gasteiger partial charge in [0.15, 0.2) is 0 Å². The highest BCUT2D eigenvalue weighted by Crippen LogP contribution is 2.21. The summed E-state index contributed by atoms with van der Waals surface area (Å²) in [4.78, 5) is 0. The van der Waals surface area contributed by atoms with Gasteiger partial charge in [-0.15, -0.1) is 12.4 Å². The van der Waals surface area contributed by atoms with E-state index in [1.807, 2.05) is 6.07 Å². The molecular formula is C11H16ClNO2. The molecule has 0 bridgehead atoms. The summed E-state index contributed by atoms with van der Waals surface area (Å²) in [5.41, 5.74) is 2.73. The van der Waals surface area contributed by atoms with Crippen LogP contribution in [0, 0.1) is 0 Å². The molecule has 0 atom stereocenters. The second kappa shape index (κ2) is 5.95. The van der Waals surface area contributed by atoms with Crippen molar-refractivity contribution in [1.82, 2.24) is 5.32 Å². The van der Waals surface area contributed by atoms with E-state index in [-0.39, 0.29) is 12.4 Å². The summed E-state index contributed by atoms with van der Waals surface area (Å²) >= 11 is 0. The van der Waals surface area contributed by atoms with Crippen LogP contribution in [0.25, 0.3) is 0 Å². The average molecular weight is 230 g/mol. The van der Waals surface area contributed by atoms with Gasteiger partial charge in [0.1, 0.15) is 12.4 Å². The van der Waals surface area contributed by atoms with Crippen molar-refractivity contribution >= 4 is 12.4 Å². The molecule has 84 valence electrons. The maximum Gasteiger partial charge on any atom is 0.119 e. The molecule has 1 aliphatic heterocycles. The molecule has 0 saturated heterocycles. The third-order valence-corrected chi connectivity index (χ3v) is 2.36. The van der Waals surface area contributed by atoms with E-state index in [1.54, 1.807) is 7.11 Å². The number of hydrogen-bond donors (Lipinski definition) is 1. The third-order valence-electron chi connectivity index (χ3n) is 2.36. The van der Waals surface area contributed by atoms with Crippen LogP contribution in [-0.2, 0) is 17.8 Å². The van der Waals surface area contributed by atoms with Gasteiger partial charge < -0.3 is 14.8 Å². The smallest absolute Gasteiger partial charge is 0.119 e. The Balaban J connectivity index is 0.00000112. The van der Waals surface area contributed by atoms with E-state index < -0.39 is 0 Å². The fraction of sp³-hybridized carbons (Fsp3) is 0.455. The summed E-state index contributed by atoms with van der Waals surface area (Å²) in [5.74, 6) is 0.935. The Labute approximate surface area is 96.2 Å². The van der Waals surface area contributed by atoms with Crippen LogP contribution < -0.4 is 10.1 Å². The number of ether oxygens (including phenoxy) is 2. The first-order chi connectivity index (χ1) is 6.90. The number of fused-ring (bicyclic) bond motifs is 1. The van der Waals surface area contributed by atoms with Crippen molar-refractivity contribution in [3.8, 4) is 5.75 Å². The van der Waals surface area contributed by atoms with Gasteiger partial charge in [0.2, 0.25) is 0 Å².